The van der Waals surface area contributed by atoms with Gasteiger partial charge in [-0.1, -0.05) is 12.1 Å². The zero-order valence-corrected chi connectivity index (χ0v) is 13.7. The fourth-order valence-electron chi connectivity index (χ4n) is 3.05. The summed E-state index contributed by atoms with van der Waals surface area (Å²) in [5, 5.41) is 3.18. The van der Waals surface area contributed by atoms with Crippen LogP contribution in [0.5, 0.6) is 5.75 Å². The average molecular weight is 309 g/mol. The number of benzene rings is 2. The van der Waals surface area contributed by atoms with Crippen LogP contribution >= 0.6 is 0 Å². The van der Waals surface area contributed by atoms with E-state index < -0.39 is 0 Å². The minimum atomic E-state index is 0.434. The molecule has 2 aromatic rings. The molecule has 0 saturated carbocycles. The maximum Gasteiger partial charge on any atom is 0.193 e. The van der Waals surface area contributed by atoms with Crippen LogP contribution in [0.1, 0.15) is 28.7 Å². The molecule has 0 fully saturated rings. The number of methoxy groups -OCH3 is 1. The third kappa shape index (κ3) is 3.83. The monoisotopic (exact) mass is 309 g/mol. The van der Waals surface area contributed by atoms with Gasteiger partial charge in [0.05, 0.1) is 13.7 Å². The van der Waals surface area contributed by atoms with Crippen molar-refractivity contribution in [2.24, 2.45) is 10.7 Å². The summed E-state index contributed by atoms with van der Waals surface area (Å²) in [6.45, 7) is 2.57. The Hall–Kier alpha value is -2.49. The van der Waals surface area contributed by atoms with Gasteiger partial charge in [0.2, 0.25) is 0 Å². The van der Waals surface area contributed by atoms with E-state index in [1.54, 1.807) is 7.11 Å². The highest BCUT2D eigenvalue weighted by Crippen LogP contribution is 2.24. The largest absolute Gasteiger partial charge is 0.497 e. The van der Waals surface area contributed by atoms with E-state index in [4.69, 9.17) is 10.5 Å². The molecule has 0 spiro atoms. The highest BCUT2D eigenvalue weighted by atomic mass is 16.5. The number of aryl methyl sites for hydroxylation is 3. The van der Waals surface area contributed by atoms with Crippen molar-refractivity contribution in [3.8, 4) is 5.75 Å². The normalized spacial score (nSPS) is 13.7. The molecule has 0 saturated heterocycles. The van der Waals surface area contributed by atoms with Crippen molar-refractivity contribution >= 4 is 11.6 Å². The van der Waals surface area contributed by atoms with E-state index in [0.717, 1.165) is 29.0 Å². The molecule has 4 nitrogen and oxygen atoms in total. The molecule has 4 heteroatoms. The van der Waals surface area contributed by atoms with Crippen LogP contribution in [0, 0.1) is 6.92 Å². The van der Waals surface area contributed by atoms with E-state index >= 15 is 0 Å². The summed E-state index contributed by atoms with van der Waals surface area (Å²) in [6, 6.07) is 12.5. The number of aliphatic imine (C=N–C) groups is 1. The Balaban J connectivity index is 1.67. The minimum Gasteiger partial charge on any atom is -0.497 e. The number of ether oxygens (including phenoxy) is 1. The Kier molecular flexibility index (Phi) is 4.51. The first kappa shape index (κ1) is 15.4. The molecule has 120 valence electrons. The first-order chi connectivity index (χ1) is 11.1. The van der Waals surface area contributed by atoms with Crippen LogP contribution in [-0.4, -0.2) is 13.1 Å². The lowest BCUT2D eigenvalue weighted by Crippen LogP contribution is -2.22. The van der Waals surface area contributed by atoms with Gasteiger partial charge in [-0.3, -0.25) is 0 Å². The van der Waals surface area contributed by atoms with Gasteiger partial charge in [-0.15, -0.1) is 0 Å². The summed E-state index contributed by atoms with van der Waals surface area (Å²) in [4.78, 5) is 4.43. The molecule has 0 aromatic heterocycles. The first-order valence-electron chi connectivity index (χ1n) is 7.97. The van der Waals surface area contributed by atoms with Gasteiger partial charge in [-0.05, 0) is 72.7 Å². The van der Waals surface area contributed by atoms with E-state index in [2.05, 4.69) is 34.6 Å². The number of guanidine groups is 1. The molecule has 0 atom stereocenters. The van der Waals surface area contributed by atoms with Crippen molar-refractivity contribution in [3.63, 3.8) is 0 Å². The van der Waals surface area contributed by atoms with Gasteiger partial charge in [0.1, 0.15) is 5.75 Å². The molecule has 1 aliphatic rings. The van der Waals surface area contributed by atoms with Crippen LogP contribution in [-0.2, 0) is 19.4 Å². The van der Waals surface area contributed by atoms with Gasteiger partial charge in [0.15, 0.2) is 5.96 Å². The molecule has 0 heterocycles. The van der Waals surface area contributed by atoms with Crippen molar-refractivity contribution in [3.05, 3.63) is 58.7 Å². The SMILES string of the molecule is COc1cc(C)cc(CN=C(N)Nc2ccc3c(c2)CCC3)c1. The van der Waals surface area contributed by atoms with E-state index in [1.807, 2.05) is 19.1 Å². The van der Waals surface area contributed by atoms with Gasteiger partial charge >= 0.3 is 0 Å². The third-order valence-corrected chi connectivity index (χ3v) is 4.15. The zero-order chi connectivity index (χ0) is 16.2. The Bertz CT molecular complexity index is 737. The number of hydrogen-bond acceptors (Lipinski definition) is 2. The average Bonchev–Trinajstić information content (AvgIpc) is 3.00. The van der Waals surface area contributed by atoms with Crippen LogP contribution < -0.4 is 15.8 Å². The van der Waals surface area contributed by atoms with Crippen molar-refractivity contribution in [2.45, 2.75) is 32.7 Å². The Morgan fingerprint density at radius 2 is 2.00 bits per heavy atom. The second-order valence-corrected chi connectivity index (χ2v) is 6.02. The predicted molar refractivity (Wildman–Crippen MR) is 95.1 cm³/mol. The van der Waals surface area contributed by atoms with Crippen LogP contribution in [0.4, 0.5) is 5.69 Å². The molecule has 0 radical (unpaired) electrons. The maximum atomic E-state index is 6.02. The van der Waals surface area contributed by atoms with Gasteiger partial charge in [0.25, 0.3) is 0 Å². The van der Waals surface area contributed by atoms with Gasteiger partial charge < -0.3 is 15.8 Å². The number of hydrogen-bond donors (Lipinski definition) is 2. The van der Waals surface area contributed by atoms with Crippen molar-refractivity contribution in [2.75, 3.05) is 12.4 Å². The van der Waals surface area contributed by atoms with E-state index in [9.17, 15) is 0 Å². The lowest BCUT2D eigenvalue weighted by atomic mass is 10.1. The molecule has 0 amide bonds. The topological polar surface area (TPSA) is 59.6 Å². The standard InChI is InChI=1S/C19H23N3O/c1-13-8-14(10-18(9-13)23-2)12-21-19(20)22-17-7-6-15-4-3-5-16(15)11-17/h6-11H,3-5,12H2,1-2H3,(H3,20,21,22). The molecule has 2 aromatic carbocycles. The molecule has 23 heavy (non-hydrogen) atoms. The van der Waals surface area contributed by atoms with Gasteiger partial charge in [0, 0.05) is 5.69 Å². The van der Waals surface area contributed by atoms with Crippen LogP contribution in [0.25, 0.3) is 0 Å². The molecule has 3 rings (SSSR count). The molecule has 1 aliphatic carbocycles. The van der Waals surface area contributed by atoms with Crippen molar-refractivity contribution in [1.29, 1.82) is 0 Å². The summed E-state index contributed by atoms with van der Waals surface area (Å²) in [6.07, 6.45) is 3.59. The molecule has 0 unspecified atom stereocenters. The summed E-state index contributed by atoms with van der Waals surface area (Å²) in [7, 11) is 1.67. The van der Waals surface area contributed by atoms with Crippen LogP contribution in [0.2, 0.25) is 0 Å². The van der Waals surface area contributed by atoms with E-state index in [1.165, 1.54) is 24.0 Å². The second kappa shape index (κ2) is 6.73. The van der Waals surface area contributed by atoms with Crippen molar-refractivity contribution < 1.29 is 4.74 Å². The second-order valence-electron chi connectivity index (χ2n) is 6.02. The smallest absolute Gasteiger partial charge is 0.193 e. The summed E-state index contributed by atoms with van der Waals surface area (Å²) < 4.78 is 5.29. The summed E-state index contributed by atoms with van der Waals surface area (Å²) in [5.41, 5.74) is 12.1. The minimum absolute atomic E-state index is 0.434. The van der Waals surface area contributed by atoms with Gasteiger partial charge in [-0.2, -0.15) is 0 Å². The fraction of sp³-hybridized carbons (Fsp3) is 0.316. The van der Waals surface area contributed by atoms with Crippen LogP contribution in [0.15, 0.2) is 41.4 Å². The van der Waals surface area contributed by atoms with E-state index in [-0.39, 0.29) is 0 Å². The fourth-order valence-corrected chi connectivity index (χ4v) is 3.05. The number of fused-ring (bicyclic) bond motifs is 1. The molecule has 0 aliphatic heterocycles. The predicted octanol–water partition coefficient (Wildman–Crippen LogP) is 3.42. The third-order valence-electron chi connectivity index (χ3n) is 4.15. The number of rotatable bonds is 4. The number of anilines is 1. The summed E-state index contributed by atoms with van der Waals surface area (Å²) >= 11 is 0. The Labute approximate surface area is 137 Å². The maximum absolute atomic E-state index is 6.02. The van der Waals surface area contributed by atoms with Crippen molar-refractivity contribution in [1.82, 2.24) is 0 Å². The van der Waals surface area contributed by atoms with Gasteiger partial charge in [-0.25, -0.2) is 4.99 Å². The Morgan fingerprint density at radius 3 is 2.83 bits per heavy atom. The molecule has 0 bridgehead atoms. The molecular formula is C19H23N3O. The van der Waals surface area contributed by atoms with E-state index in [0.29, 0.717) is 12.5 Å². The zero-order valence-electron chi connectivity index (χ0n) is 13.7. The lowest BCUT2D eigenvalue weighted by Gasteiger charge is -2.09. The Morgan fingerprint density at radius 1 is 1.17 bits per heavy atom. The number of nitrogens with zero attached hydrogens (tertiary/aromatic N) is 1. The van der Waals surface area contributed by atoms with Crippen LogP contribution in [0.3, 0.4) is 0 Å². The quantitative estimate of drug-likeness (QED) is 0.672. The highest BCUT2D eigenvalue weighted by molar-refractivity contribution is 5.92. The number of nitrogens with two attached hydrogens (primary N) is 1. The molecule has 3 N–H and O–H groups in total. The highest BCUT2D eigenvalue weighted by Gasteiger charge is 2.10. The summed E-state index contributed by atoms with van der Waals surface area (Å²) in [5.74, 6) is 1.28. The number of nitrogens with one attached hydrogen (secondary N) is 1. The molecular weight excluding hydrogens is 286 g/mol. The lowest BCUT2D eigenvalue weighted by molar-refractivity contribution is 0.414. The first-order valence-corrected chi connectivity index (χ1v) is 7.97.